The van der Waals surface area contributed by atoms with Crippen molar-refractivity contribution in [1.29, 1.82) is 0 Å². The molecular formula is C16H26N2O2. The molecule has 0 aromatic heterocycles. The molecule has 20 heavy (non-hydrogen) atoms. The van der Waals surface area contributed by atoms with E-state index in [0.29, 0.717) is 12.5 Å². The Morgan fingerprint density at radius 1 is 0.950 bits per heavy atom. The Balaban J connectivity index is 0.000000200. The molecule has 2 amide bonds. The molecular weight excluding hydrogens is 252 g/mol. The maximum Gasteiger partial charge on any atom is 0.249 e. The molecule has 0 atom stereocenters. The number of nitrogens with zero attached hydrogens (tertiary/aromatic N) is 2. The van der Waals surface area contributed by atoms with Crippen LogP contribution in [-0.4, -0.2) is 40.2 Å². The quantitative estimate of drug-likeness (QED) is 0.729. The summed E-state index contributed by atoms with van der Waals surface area (Å²) in [5.41, 5.74) is 1.73. The van der Waals surface area contributed by atoms with Gasteiger partial charge in [0, 0.05) is 36.3 Å². The fraction of sp³-hybridized carbons (Fsp3) is 0.625. The van der Waals surface area contributed by atoms with Gasteiger partial charge in [-0.1, -0.05) is 13.2 Å². The van der Waals surface area contributed by atoms with Gasteiger partial charge in [0.2, 0.25) is 11.8 Å². The SMILES string of the molecule is C=C1CCC(=O)N1C(C)C.C=C1CCN(C(C)C)C1=O. The molecule has 2 aliphatic heterocycles. The number of hydrogen-bond acceptors (Lipinski definition) is 2. The number of amides is 2. The highest BCUT2D eigenvalue weighted by Gasteiger charge is 2.26. The Morgan fingerprint density at radius 3 is 1.75 bits per heavy atom. The molecule has 4 nitrogen and oxygen atoms in total. The number of rotatable bonds is 2. The molecule has 2 saturated heterocycles. The average molecular weight is 278 g/mol. The monoisotopic (exact) mass is 278 g/mol. The van der Waals surface area contributed by atoms with Crippen LogP contribution in [0.15, 0.2) is 24.4 Å². The lowest BCUT2D eigenvalue weighted by Gasteiger charge is -2.21. The van der Waals surface area contributed by atoms with Crippen molar-refractivity contribution in [2.45, 2.75) is 59.0 Å². The summed E-state index contributed by atoms with van der Waals surface area (Å²) < 4.78 is 0. The molecule has 112 valence electrons. The standard InChI is InChI=1S/2C8H13NO/c1-6(2)9-5-4-7(3)8(9)10;1-6(2)9-7(3)4-5-8(9)10/h2*6H,3-5H2,1-2H3. The lowest BCUT2D eigenvalue weighted by Crippen LogP contribution is -2.31. The second kappa shape index (κ2) is 6.73. The number of likely N-dealkylation sites (tertiary alicyclic amines) is 2. The van der Waals surface area contributed by atoms with Gasteiger partial charge in [-0.25, -0.2) is 0 Å². The Labute approximate surface area is 122 Å². The number of carbonyl (C=O) groups is 2. The minimum absolute atomic E-state index is 0.134. The smallest absolute Gasteiger partial charge is 0.249 e. The zero-order valence-corrected chi connectivity index (χ0v) is 13.1. The molecule has 0 radical (unpaired) electrons. The number of carbonyl (C=O) groups excluding carboxylic acids is 2. The maximum absolute atomic E-state index is 11.2. The lowest BCUT2D eigenvalue weighted by atomic mass is 10.3. The van der Waals surface area contributed by atoms with E-state index in [1.54, 1.807) is 4.90 Å². The first-order valence-corrected chi connectivity index (χ1v) is 7.24. The van der Waals surface area contributed by atoms with Crippen LogP contribution < -0.4 is 0 Å². The third-order valence-corrected chi connectivity index (χ3v) is 3.59. The molecule has 0 unspecified atom stereocenters. The highest BCUT2D eigenvalue weighted by atomic mass is 16.2. The van der Waals surface area contributed by atoms with Gasteiger partial charge < -0.3 is 9.80 Å². The fourth-order valence-corrected chi connectivity index (χ4v) is 2.48. The Kier molecular flexibility index (Phi) is 5.54. The minimum Gasteiger partial charge on any atom is -0.336 e. The van der Waals surface area contributed by atoms with Crippen LogP contribution in [0.1, 0.15) is 47.0 Å². The summed E-state index contributed by atoms with van der Waals surface area (Å²) in [6.07, 6.45) is 2.34. The van der Waals surface area contributed by atoms with E-state index in [1.807, 2.05) is 32.6 Å². The van der Waals surface area contributed by atoms with Gasteiger partial charge in [-0.3, -0.25) is 9.59 Å². The zero-order chi connectivity index (χ0) is 15.4. The van der Waals surface area contributed by atoms with E-state index in [-0.39, 0.29) is 17.9 Å². The molecule has 0 bridgehead atoms. The van der Waals surface area contributed by atoms with Crippen molar-refractivity contribution in [3.63, 3.8) is 0 Å². The first-order chi connectivity index (χ1) is 9.25. The highest BCUT2D eigenvalue weighted by molar-refractivity contribution is 5.95. The summed E-state index contributed by atoms with van der Waals surface area (Å²) in [5.74, 6) is 0.356. The first kappa shape index (κ1) is 16.5. The molecule has 2 heterocycles. The van der Waals surface area contributed by atoms with Crippen molar-refractivity contribution in [2.24, 2.45) is 0 Å². The van der Waals surface area contributed by atoms with Crippen molar-refractivity contribution in [3.8, 4) is 0 Å². The molecule has 0 aromatic rings. The van der Waals surface area contributed by atoms with Crippen molar-refractivity contribution < 1.29 is 9.59 Å². The second-order valence-electron chi connectivity index (χ2n) is 5.87. The van der Waals surface area contributed by atoms with Crippen LogP contribution in [0, 0.1) is 0 Å². The molecule has 0 aliphatic carbocycles. The molecule has 0 aromatic carbocycles. The molecule has 4 heteroatoms. The van der Waals surface area contributed by atoms with E-state index in [9.17, 15) is 9.59 Å². The van der Waals surface area contributed by atoms with E-state index in [2.05, 4.69) is 13.2 Å². The van der Waals surface area contributed by atoms with Gasteiger partial charge in [-0.15, -0.1) is 0 Å². The number of allylic oxidation sites excluding steroid dienone is 1. The Bertz CT molecular complexity index is 408. The van der Waals surface area contributed by atoms with Crippen LogP contribution in [0.2, 0.25) is 0 Å². The van der Waals surface area contributed by atoms with Gasteiger partial charge >= 0.3 is 0 Å². The summed E-state index contributed by atoms with van der Waals surface area (Å²) in [6, 6.07) is 0.606. The summed E-state index contributed by atoms with van der Waals surface area (Å²) in [4.78, 5) is 25.9. The van der Waals surface area contributed by atoms with Crippen LogP contribution in [0.25, 0.3) is 0 Å². The first-order valence-electron chi connectivity index (χ1n) is 7.24. The van der Waals surface area contributed by atoms with E-state index in [1.165, 1.54) is 0 Å². The molecule has 0 saturated carbocycles. The van der Waals surface area contributed by atoms with Crippen LogP contribution in [0.5, 0.6) is 0 Å². The molecule has 2 fully saturated rings. The van der Waals surface area contributed by atoms with Crippen LogP contribution in [-0.2, 0) is 9.59 Å². The predicted molar refractivity (Wildman–Crippen MR) is 81.0 cm³/mol. The summed E-state index contributed by atoms with van der Waals surface area (Å²) in [5, 5.41) is 0. The molecule has 0 N–H and O–H groups in total. The second-order valence-corrected chi connectivity index (χ2v) is 5.87. The van der Waals surface area contributed by atoms with Crippen LogP contribution >= 0.6 is 0 Å². The van der Waals surface area contributed by atoms with E-state index in [4.69, 9.17) is 0 Å². The van der Waals surface area contributed by atoms with E-state index in [0.717, 1.165) is 30.7 Å². The lowest BCUT2D eigenvalue weighted by molar-refractivity contribution is -0.128. The van der Waals surface area contributed by atoms with E-state index >= 15 is 0 Å². The van der Waals surface area contributed by atoms with Crippen LogP contribution in [0.4, 0.5) is 0 Å². The Hall–Kier alpha value is -1.58. The Morgan fingerprint density at radius 2 is 1.55 bits per heavy atom. The van der Waals surface area contributed by atoms with Gasteiger partial charge in [0.15, 0.2) is 0 Å². The fourth-order valence-electron chi connectivity index (χ4n) is 2.48. The topological polar surface area (TPSA) is 40.6 Å². The average Bonchev–Trinajstić information content (AvgIpc) is 2.84. The minimum atomic E-state index is 0.134. The predicted octanol–water partition coefficient (Wildman–Crippen LogP) is 2.71. The third kappa shape index (κ3) is 3.71. The van der Waals surface area contributed by atoms with Crippen molar-refractivity contribution in [2.75, 3.05) is 6.54 Å². The molecule has 2 rings (SSSR count). The normalized spacial score (nSPS) is 19.3. The summed E-state index contributed by atoms with van der Waals surface area (Å²) >= 11 is 0. The van der Waals surface area contributed by atoms with Gasteiger partial charge in [-0.2, -0.15) is 0 Å². The molecule has 2 aliphatic rings. The van der Waals surface area contributed by atoms with Crippen molar-refractivity contribution >= 4 is 11.8 Å². The molecule has 0 spiro atoms. The van der Waals surface area contributed by atoms with Gasteiger partial charge in [0.1, 0.15) is 0 Å². The van der Waals surface area contributed by atoms with E-state index < -0.39 is 0 Å². The highest BCUT2D eigenvalue weighted by Crippen LogP contribution is 2.22. The van der Waals surface area contributed by atoms with Crippen molar-refractivity contribution in [1.82, 2.24) is 9.80 Å². The van der Waals surface area contributed by atoms with Crippen molar-refractivity contribution in [3.05, 3.63) is 24.4 Å². The van der Waals surface area contributed by atoms with Gasteiger partial charge in [0.05, 0.1) is 0 Å². The zero-order valence-electron chi connectivity index (χ0n) is 13.1. The van der Waals surface area contributed by atoms with Gasteiger partial charge in [-0.05, 0) is 40.5 Å². The third-order valence-electron chi connectivity index (χ3n) is 3.59. The van der Waals surface area contributed by atoms with Crippen LogP contribution in [0.3, 0.4) is 0 Å². The summed E-state index contributed by atoms with van der Waals surface area (Å²) in [7, 11) is 0. The van der Waals surface area contributed by atoms with Gasteiger partial charge in [0.25, 0.3) is 0 Å². The summed E-state index contributed by atoms with van der Waals surface area (Å²) in [6.45, 7) is 16.4. The largest absolute Gasteiger partial charge is 0.336 e. The maximum atomic E-state index is 11.2. The number of hydrogen-bond donors (Lipinski definition) is 0.